The van der Waals surface area contributed by atoms with E-state index >= 15 is 0 Å². The Hall–Kier alpha value is -2.10. The van der Waals surface area contributed by atoms with Crippen molar-refractivity contribution in [2.45, 2.75) is 20.3 Å². The summed E-state index contributed by atoms with van der Waals surface area (Å²) in [5, 5.41) is 0. The van der Waals surface area contributed by atoms with Crippen molar-refractivity contribution in [2.75, 3.05) is 12.0 Å². The highest BCUT2D eigenvalue weighted by Gasteiger charge is 2.32. The number of hydrogen-bond acceptors (Lipinski definition) is 3. The molecule has 94 valence electrons. The first-order valence-electron chi connectivity index (χ1n) is 5.72. The second kappa shape index (κ2) is 4.64. The summed E-state index contributed by atoms with van der Waals surface area (Å²) in [6.07, 6.45) is 0.104. The number of amides is 1. The molecule has 1 heterocycles. The van der Waals surface area contributed by atoms with Gasteiger partial charge in [-0.15, -0.1) is 0 Å². The van der Waals surface area contributed by atoms with Gasteiger partial charge in [0.1, 0.15) is 0 Å². The van der Waals surface area contributed by atoms with Gasteiger partial charge in [0.25, 0.3) is 0 Å². The Morgan fingerprint density at radius 3 is 2.39 bits per heavy atom. The Morgan fingerprint density at radius 1 is 1.22 bits per heavy atom. The average Bonchev–Trinajstić information content (AvgIpc) is 2.65. The Balaban J connectivity index is 2.39. The van der Waals surface area contributed by atoms with Gasteiger partial charge < -0.3 is 4.74 Å². The molecule has 0 saturated carbocycles. The van der Waals surface area contributed by atoms with Crippen LogP contribution >= 0.6 is 0 Å². The van der Waals surface area contributed by atoms with Crippen molar-refractivity contribution >= 4 is 17.6 Å². The summed E-state index contributed by atoms with van der Waals surface area (Å²) >= 11 is 0. The van der Waals surface area contributed by atoms with Gasteiger partial charge in [-0.05, 0) is 26.0 Å². The van der Waals surface area contributed by atoms with Crippen LogP contribution in [-0.4, -0.2) is 19.0 Å². The molecule has 0 bridgehead atoms. The van der Waals surface area contributed by atoms with Gasteiger partial charge in [0.2, 0.25) is 5.91 Å². The zero-order valence-corrected chi connectivity index (χ0v) is 10.7. The SMILES string of the molecule is COC(=O)C1=C(C)N(c2ccc(C)cc2)C(=O)C1. The second-order valence-electron chi connectivity index (χ2n) is 4.30. The number of ether oxygens (including phenoxy) is 1. The minimum absolute atomic E-state index is 0.100. The van der Waals surface area contributed by atoms with Crippen molar-refractivity contribution in [3.63, 3.8) is 0 Å². The lowest BCUT2D eigenvalue weighted by Crippen LogP contribution is -2.23. The fourth-order valence-corrected chi connectivity index (χ4v) is 2.05. The van der Waals surface area contributed by atoms with Crippen molar-refractivity contribution in [3.05, 3.63) is 41.1 Å². The summed E-state index contributed by atoms with van der Waals surface area (Å²) in [6, 6.07) is 7.62. The molecule has 0 spiro atoms. The van der Waals surface area contributed by atoms with E-state index in [0.29, 0.717) is 11.3 Å². The maximum atomic E-state index is 12.0. The maximum Gasteiger partial charge on any atom is 0.336 e. The second-order valence-corrected chi connectivity index (χ2v) is 4.30. The van der Waals surface area contributed by atoms with Gasteiger partial charge in [0.15, 0.2) is 0 Å². The van der Waals surface area contributed by atoms with E-state index in [9.17, 15) is 9.59 Å². The highest BCUT2D eigenvalue weighted by Crippen LogP contribution is 2.30. The van der Waals surface area contributed by atoms with Gasteiger partial charge in [0, 0.05) is 11.4 Å². The van der Waals surface area contributed by atoms with Crippen LogP contribution in [-0.2, 0) is 14.3 Å². The minimum Gasteiger partial charge on any atom is -0.466 e. The van der Waals surface area contributed by atoms with E-state index < -0.39 is 5.97 Å². The summed E-state index contributed by atoms with van der Waals surface area (Å²) in [4.78, 5) is 25.1. The number of benzene rings is 1. The fraction of sp³-hybridized carbons (Fsp3) is 0.286. The van der Waals surface area contributed by atoms with Gasteiger partial charge >= 0.3 is 5.97 Å². The largest absolute Gasteiger partial charge is 0.466 e. The third-order valence-corrected chi connectivity index (χ3v) is 3.07. The molecular weight excluding hydrogens is 230 g/mol. The Morgan fingerprint density at radius 2 is 1.83 bits per heavy atom. The van der Waals surface area contributed by atoms with E-state index in [1.54, 1.807) is 11.8 Å². The number of nitrogens with zero attached hydrogens (tertiary/aromatic N) is 1. The van der Waals surface area contributed by atoms with Crippen LogP contribution in [0.1, 0.15) is 18.9 Å². The molecule has 0 aliphatic carbocycles. The van der Waals surface area contributed by atoms with E-state index in [4.69, 9.17) is 0 Å². The molecule has 0 saturated heterocycles. The first-order valence-corrected chi connectivity index (χ1v) is 5.72. The monoisotopic (exact) mass is 245 g/mol. The lowest BCUT2D eigenvalue weighted by molar-refractivity contribution is -0.136. The number of rotatable bonds is 2. The standard InChI is InChI=1S/C14H15NO3/c1-9-4-6-11(7-5-9)15-10(2)12(8-13(15)16)14(17)18-3/h4-7H,8H2,1-3H3. The number of allylic oxidation sites excluding steroid dienone is 1. The molecule has 18 heavy (non-hydrogen) atoms. The van der Waals surface area contributed by atoms with Crippen molar-refractivity contribution in [3.8, 4) is 0 Å². The van der Waals surface area contributed by atoms with Gasteiger partial charge in [-0.3, -0.25) is 9.69 Å². The summed E-state index contributed by atoms with van der Waals surface area (Å²) in [5.74, 6) is -0.535. The van der Waals surface area contributed by atoms with Crippen molar-refractivity contribution in [2.24, 2.45) is 0 Å². The molecule has 0 radical (unpaired) electrons. The van der Waals surface area contributed by atoms with Crippen molar-refractivity contribution < 1.29 is 14.3 Å². The zero-order valence-electron chi connectivity index (χ0n) is 10.7. The quantitative estimate of drug-likeness (QED) is 0.750. The lowest BCUT2D eigenvalue weighted by Gasteiger charge is -2.18. The normalized spacial score (nSPS) is 15.3. The van der Waals surface area contributed by atoms with Gasteiger partial charge in [-0.1, -0.05) is 17.7 Å². The molecule has 1 aliphatic heterocycles. The van der Waals surface area contributed by atoms with Crippen LogP contribution in [0, 0.1) is 6.92 Å². The van der Waals surface area contributed by atoms with E-state index in [1.165, 1.54) is 7.11 Å². The van der Waals surface area contributed by atoms with Gasteiger partial charge in [-0.25, -0.2) is 4.79 Å². The van der Waals surface area contributed by atoms with Crippen LogP contribution in [0.2, 0.25) is 0 Å². The number of esters is 1. The fourth-order valence-electron chi connectivity index (χ4n) is 2.05. The number of anilines is 1. The van der Waals surface area contributed by atoms with Crippen LogP contribution in [0.3, 0.4) is 0 Å². The molecular formula is C14H15NO3. The molecule has 4 nitrogen and oxygen atoms in total. The molecule has 0 aromatic heterocycles. The van der Waals surface area contributed by atoms with Crippen LogP contribution < -0.4 is 4.90 Å². The molecule has 1 amide bonds. The average molecular weight is 245 g/mol. The Labute approximate surface area is 106 Å². The molecule has 1 aliphatic rings. The van der Waals surface area contributed by atoms with E-state index in [-0.39, 0.29) is 12.3 Å². The van der Waals surface area contributed by atoms with Crippen LogP contribution in [0.5, 0.6) is 0 Å². The topological polar surface area (TPSA) is 46.6 Å². The number of carbonyl (C=O) groups excluding carboxylic acids is 2. The summed E-state index contributed by atoms with van der Waals surface area (Å²) in [7, 11) is 1.32. The molecule has 0 fully saturated rings. The Bertz CT molecular complexity index is 528. The molecule has 0 unspecified atom stereocenters. The van der Waals surface area contributed by atoms with Gasteiger partial charge in [0.05, 0.1) is 19.1 Å². The maximum absolute atomic E-state index is 12.0. The molecule has 0 N–H and O–H groups in total. The smallest absolute Gasteiger partial charge is 0.336 e. The summed E-state index contributed by atoms with van der Waals surface area (Å²) in [5.41, 5.74) is 2.99. The van der Waals surface area contributed by atoms with Gasteiger partial charge in [-0.2, -0.15) is 0 Å². The molecule has 4 heteroatoms. The molecule has 1 aromatic carbocycles. The van der Waals surface area contributed by atoms with Crippen LogP contribution in [0.15, 0.2) is 35.5 Å². The van der Waals surface area contributed by atoms with E-state index in [2.05, 4.69) is 4.74 Å². The van der Waals surface area contributed by atoms with E-state index in [0.717, 1.165) is 11.3 Å². The van der Waals surface area contributed by atoms with Crippen molar-refractivity contribution in [1.82, 2.24) is 0 Å². The van der Waals surface area contributed by atoms with E-state index in [1.807, 2.05) is 31.2 Å². The first kappa shape index (κ1) is 12.4. The summed E-state index contributed by atoms with van der Waals surface area (Å²) in [6.45, 7) is 3.75. The van der Waals surface area contributed by atoms with Crippen LogP contribution in [0.25, 0.3) is 0 Å². The minimum atomic E-state index is -0.435. The zero-order chi connectivity index (χ0) is 13.3. The predicted molar refractivity (Wildman–Crippen MR) is 68.0 cm³/mol. The third kappa shape index (κ3) is 2.01. The predicted octanol–water partition coefficient (Wildman–Crippen LogP) is 2.18. The number of carbonyl (C=O) groups is 2. The number of hydrogen-bond donors (Lipinski definition) is 0. The Kier molecular flexibility index (Phi) is 3.19. The van der Waals surface area contributed by atoms with Crippen molar-refractivity contribution in [1.29, 1.82) is 0 Å². The highest BCUT2D eigenvalue weighted by molar-refractivity contribution is 6.09. The van der Waals surface area contributed by atoms with Crippen LogP contribution in [0.4, 0.5) is 5.69 Å². The lowest BCUT2D eigenvalue weighted by atomic mass is 10.2. The summed E-state index contributed by atoms with van der Waals surface area (Å²) < 4.78 is 4.68. The first-order chi connectivity index (χ1) is 8.54. The molecule has 2 rings (SSSR count). The number of aryl methyl sites for hydroxylation is 1. The third-order valence-electron chi connectivity index (χ3n) is 3.07. The number of methoxy groups -OCH3 is 1. The highest BCUT2D eigenvalue weighted by atomic mass is 16.5. The molecule has 0 atom stereocenters. The molecule has 1 aromatic rings.